The SMILES string of the molecule is CCCCC(CC)COc1cc(-c2ccc3oc4ccccc4c3c2)nc(-c2ccccc2O)n1. The Morgan fingerprint density at radius 2 is 1.69 bits per heavy atom. The second-order valence-electron chi connectivity index (χ2n) is 8.97. The minimum absolute atomic E-state index is 0.140. The van der Waals surface area contributed by atoms with E-state index in [1.54, 1.807) is 12.1 Å². The van der Waals surface area contributed by atoms with Gasteiger partial charge >= 0.3 is 0 Å². The van der Waals surface area contributed by atoms with Crippen molar-refractivity contribution in [2.45, 2.75) is 39.5 Å². The van der Waals surface area contributed by atoms with Crippen molar-refractivity contribution in [2.24, 2.45) is 5.92 Å². The van der Waals surface area contributed by atoms with Gasteiger partial charge in [0.2, 0.25) is 5.88 Å². The van der Waals surface area contributed by atoms with Gasteiger partial charge in [-0.1, -0.05) is 63.4 Å². The third kappa shape index (κ3) is 4.85. The first-order valence-corrected chi connectivity index (χ1v) is 12.4. The lowest BCUT2D eigenvalue weighted by molar-refractivity contribution is 0.226. The quantitative estimate of drug-likeness (QED) is 0.238. The van der Waals surface area contributed by atoms with Crippen LogP contribution in [-0.4, -0.2) is 21.7 Å². The van der Waals surface area contributed by atoms with Crippen LogP contribution < -0.4 is 4.74 Å². The lowest BCUT2D eigenvalue weighted by atomic mass is 10.0. The summed E-state index contributed by atoms with van der Waals surface area (Å²) in [5, 5.41) is 12.6. The van der Waals surface area contributed by atoms with Gasteiger partial charge in [0, 0.05) is 22.4 Å². The summed E-state index contributed by atoms with van der Waals surface area (Å²) in [5.41, 5.74) is 3.95. The van der Waals surface area contributed by atoms with Crippen LogP contribution in [0, 0.1) is 5.92 Å². The highest BCUT2D eigenvalue weighted by Crippen LogP contribution is 2.34. The molecule has 2 heterocycles. The molecule has 0 saturated heterocycles. The van der Waals surface area contributed by atoms with Gasteiger partial charge in [-0.15, -0.1) is 0 Å². The molecule has 2 aromatic heterocycles. The zero-order valence-corrected chi connectivity index (χ0v) is 20.2. The standard InChI is InChI=1S/C30H30N2O3/c1-3-5-10-20(4-2)19-34-29-18-25(31-30(32-29)23-12-6-8-13-26(23)33)21-15-16-28-24(17-21)22-11-7-9-14-27(22)35-28/h6-9,11-18,20,33H,3-5,10,19H2,1-2H3. The van der Waals surface area contributed by atoms with E-state index in [0.29, 0.717) is 29.8 Å². The number of hydrogen-bond donors (Lipinski definition) is 1. The van der Waals surface area contributed by atoms with E-state index in [9.17, 15) is 5.11 Å². The van der Waals surface area contributed by atoms with E-state index in [1.165, 1.54) is 12.8 Å². The minimum Gasteiger partial charge on any atom is -0.507 e. The predicted octanol–water partition coefficient (Wildman–Crippen LogP) is 8.01. The van der Waals surface area contributed by atoms with Gasteiger partial charge in [-0.25, -0.2) is 4.98 Å². The number of hydrogen-bond acceptors (Lipinski definition) is 5. The second-order valence-corrected chi connectivity index (χ2v) is 8.97. The molecule has 5 rings (SSSR count). The Kier molecular flexibility index (Phi) is 6.66. The summed E-state index contributed by atoms with van der Waals surface area (Å²) in [6.45, 7) is 5.02. The fourth-order valence-electron chi connectivity index (χ4n) is 4.42. The van der Waals surface area contributed by atoms with E-state index in [-0.39, 0.29) is 5.75 Å². The fraction of sp³-hybridized carbons (Fsp3) is 0.267. The van der Waals surface area contributed by atoms with Crippen molar-refractivity contribution < 1.29 is 14.3 Å². The Labute approximate surface area is 205 Å². The number of aromatic hydroxyl groups is 1. The number of phenolic OH excluding ortho intramolecular Hbond substituents is 1. The van der Waals surface area contributed by atoms with Gasteiger partial charge in [0.1, 0.15) is 16.9 Å². The molecule has 0 radical (unpaired) electrons. The van der Waals surface area contributed by atoms with Crippen LogP contribution >= 0.6 is 0 Å². The molecule has 1 unspecified atom stereocenters. The molecule has 0 saturated carbocycles. The van der Waals surface area contributed by atoms with Crippen LogP contribution in [0.25, 0.3) is 44.6 Å². The number of furan rings is 1. The Morgan fingerprint density at radius 1 is 0.886 bits per heavy atom. The van der Waals surface area contributed by atoms with Gasteiger partial charge in [0.15, 0.2) is 5.82 Å². The molecule has 5 aromatic rings. The highest BCUT2D eigenvalue weighted by atomic mass is 16.5. The maximum Gasteiger partial charge on any atom is 0.217 e. The largest absolute Gasteiger partial charge is 0.507 e. The molecule has 0 spiro atoms. The highest BCUT2D eigenvalue weighted by molar-refractivity contribution is 6.06. The molecule has 0 aliphatic heterocycles. The van der Waals surface area contributed by atoms with E-state index < -0.39 is 0 Å². The van der Waals surface area contributed by atoms with Crippen LogP contribution in [0.4, 0.5) is 0 Å². The number of unbranched alkanes of at least 4 members (excludes halogenated alkanes) is 1. The third-order valence-electron chi connectivity index (χ3n) is 6.53. The molecule has 35 heavy (non-hydrogen) atoms. The first-order valence-electron chi connectivity index (χ1n) is 12.4. The van der Waals surface area contributed by atoms with Crippen molar-refractivity contribution >= 4 is 21.9 Å². The number of para-hydroxylation sites is 2. The monoisotopic (exact) mass is 466 g/mol. The molecule has 0 fully saturated rings. The van der Waals surface area contributed by atoms with Gasteiger partial charge in [0.05, 0.1) is 17.9 Å². The van der Waals surface area contributed by atoms with Crippen LogP contribution in [-0.2, 0) is 0 Å². The zero-order chi connectivity index (χ0) is 24.2. The Bertz CT molecular complexity index is 1460. The van der Waals surface area contributed by atoms with E-state index in [4.69, 9.17) is 14.1 Å². The normalized spacial score (nSPS) is 12.3. The van der Waals surface area contributed by atoms with Crippen molar-refractivity contribution in [2.75, 3.05) is 6.61 Å². The summed E-state index contributed by atoms with van der Waals surface area (Å²) in [7, 11) is 0. The average Bonchev–Trinajstić information content (AvgIpc) is 3.27. The molecule has 1 atom stereocenters. The van der Waals surface area contributed by atoms with Gasteiger partial charge in [-0.3, -0.25) is 0 Å². The molecule has 0 amide bonds. The molecule has 0 bridgehead atoms. The summed E-state index contributed by atoms with van der Waals surface area (Å²) in [4.78, 5) is 9.49. The van der Waals surface area contributed by atoms with Crippen molar-refractivity contribution in [3.63, 3.8) is 0 Å². The molecule has 1 N–H and O–H groups in total. The molecule has 0 aliphatic rings. The second kappa shape index (κ2) is 10.2. The topological polar surface area (TPSA) is 68.4 Å². The van der Waals surface area contributed by atoms with Gasteiger partial charge in [-0.2, -0.15) is 4.98 Å². The summed E-state index contributed by atoms with van der Waals surface area (Å²) in [5.74, 6) is 1.58. The summed E-state index contributed by atoms with van der Waals surface area (Å²) in [6.07, 6.45) is 4.57. The average molecular weight is 467 g/mol. The van der Waals surface area contributed by atoms with Crippen LogP contribution in [0.5, 0.6) is 11.6 Å². The predicted molar refractivity (Wildman–Crippen MR) is 141 cm³/mol. The van der Waals surface area contributed by atoms with Crippen molar-refractivity contribution in [3.8, 4) is 34.3 Å². The molecular formula is C30H30N2O3. The third-order valence-corrected chi connectivity index (χ3v) is 6.53. The van der Waals surface area contributed by atoms with E-state index in [1.807, 2.05) is 48.5 Å². The number of phenols is 1. The number of rotatable bonds is 9. The summed E-state index contributed by atoms with van der Waals surface area (Å²) in [6, 6.07) is 23.1. The minimum atomic E-state index is 0.140. The van der Waals surface area contributed by atoms with Gasteiger partial charge in [0.25, 0.3) is 0 Å². The van der Waals surface area contributed by atoms with E-state index in [2.05, 4.69) is 31.0 Å². The van der Waals surface area contributed by atoms with Crippen molar-refractivity contribution in [1.29, 1.82) is 0 Å². The Morgan fingerprint density at radius 3 is 2.51 bits per heavy atom. The first kappa shape index (κ1) is 22.9. The molecule has 0 aliphatic carbocycles. The summed E-state index contributed by atoms with van der Waals surface area (Å²) >= 11 is 0. The maximum atomic E-state index is 10.5. The Balaban J connectivity index is 1.57. The van der Waals surface area contributed by atoms with Crippen LogP contribution in [0.3, 0.4) is 0 Å². The smallest absolute Gasteiger partial charge is 0.217 e. The first-order chi connectivity index (χ1) is 17.2. The van der Waals surface area contributed by atoms with E-state index in [0.717, 1.165) is 46.0 Å². The number of aromatic nitrogens is 2. The van der Waals surface area contributed by atoms with Crippen molar-refractivity contribution in [3.05, 3.63) is 72.8 Å². The number of fused-ring (bicyclic) bond motifs is 3. The van der Waals surface area contributed by atoms with E-state index >= 15 is 0 Å². The lowest BCUT2D eigenvalue weighted by Gasteiger charge is -2.16. The maximum absolute atomic E-state index is 10.5. The van der Waals surface area contributed by atoms with Gasteiger partial charge < -0.3 is 14.3 Å². The number of benzene rings is 3. The highest BCUT2D eigenvalue weighted by Gasteiger charge is 2.15. The van der Waals surface area contributed by atoms with Crippen molar-refractivity contribution in [1.82, 2.24) is 9.97 Å². The van der Waals surface area contributed by atoms with Crippen LogP contribution in [0.1, 0.15) is 39.5 Å². The Hall–Kier alpha value is -3.86. The molecule has 5 heteroatoms. The molecule has 3 aromatic carbocycles. The number of nitrogens with zero attached hydrogens (tertiary/aromatic N) is 2. The van der Waals surface area contributed by atoms with Gasteiger partial charge in [-0.05, 0) is 48.7 Å². The molecule has 5 nitrogen and oxygen atoms in total. The number of ether oxygens (including phenoxy) is 1. The zero-order valence-electron chi connectivity index (χ0n) is 20.2. The molecule has 178 valence electrons. The lowest BCUT2D eigenvalue weighted by Crippen LogP contribution is -2.12. The van der Waals surface area contributed by atoms with Crippen LogP contribution in [0.15, 0.2) is 77.2 Å². The fourth-order valence-corrected chi connectivity index (χ4v) is 4.42. The molecular weight excluding hydrogens is 436 g/mol. The summed E-state index contributed by atoms with van der Waals surface area (Å²) < 4.78 is 12.2. The van der Waals surface area contributed by atoms with Crippen LogP contribution in [0.2, 0.25) is 0 Å².